The lowest BCUT2D eigenvalue weighted by Gasteiger charge is -2.18. The van der Waals surface area contributed by atoms with E-state index in [-0.39, 0.29) is 17.0 Å². The molecule has 0 fully saturated rings. The third-order valence-electron chi connectivity index (χ3n) is 2.20. The number of nitrogens with zero attached hydrogens (tertiary/aromatic N) is 1. The van der Waals surface area contributed by atoms with E-state index in [0.29, 0.717) is 0 Å². The van der Waals surface area contributed by atoms with E-state index in [0.717, 1.165) is 5.33 Å². The molecule has 1 aromatic rings. The average molecular weight is 296 g/mol. The van der Waals surface area contributed by atoms with Gasteiger partial charge in [-0.1, -0.05) is 22.9 Å². The molecule has 2 unspecified atom stereocenters. The highest BCUT2D eigenvalue weighted by Crippen LogP contribution is 2.10. The highest BCUT2D eigenvalue weighted by atomic mass is 79.9. The Morgan fingerprint density at radius 1 is 1.60 bits per heavy atom. The van der Waals surface area contributed by atoms with Crippen LogP contribution in [0.5, 0.6) is 0 Å². The largest absolute Gasteiger partial charge is 0.335 e. The van der Waals surface area contributed by atoms with Gasteiger partial charge in [0.2, 0.25) is 0 Å². The van der Waals surface area contributed by atoms with E-state index in [2.05, 4.69) is 30.6 Å². The molecule has 7 heteroatoms. The SMILES string of the molecule is CC(CBr)C(C)NS(=O)(=O)c1cnc[nH]1. The van der Waals surface area contributed by atoms with Gasteiger partial charge in [-0.25, -0.2) is 18.1 Å². The molecular weight excluding hydrogens is 282 g/mol. The summed E-state index contributed by atoms with van der Waals surface area (Å²) < 4.78 is 26.0. The summed E-state index contributed by atoms with van der Waals surface area (Å²) in [7, 11) is -3.46. The fourth-order valence-corrected chi connectivity index (χ4v) is 2.77. The number of hydrogen-bond acceptors (Lipinski definition) is 3. The molecule has 0 saturated heterocycles. The summed E-state index contributed by atoms with van der Waals surface area (Å²) in [5.41, 5.74) is 0. The predicted molar refractivity (Wildman–Crippen MR) is 61.3 cm³/mol. The number of H-pyrrole nitrogens is 1. The summed E-state index contributed by atoms with van der Waals surface area (Å²) >= 11 is 3.32. The Balaban J connectivity index is 2.74. The van der Waals surface area contributed by atoms with Crippen molar-refractivity contribution in [1.29, 1.82) is 0 Å². The Labute approximate surface area is 97.9 Å². The van der Waals surface area contributed by atoms with Crippen LogP contribution in [0.3, 0.4) is 0 Å². The Kier molecular flexibility index (Phi) is 4.30. The van der Waals surface area contributed by atoms with E-state index >= 15 is 0 Å². The van der Waals surface area contributed by atoms with Crippen molar-refractivity contribution in [2.24, 2.45) is 5.92 Å². The highest BCUT2D eigenvalue weighted by molar-refractivity contribution is 9.09. The van der Waals surface area contributed by atoms with Crippen LogP contribution in [0.1, 0.15) is 13.8 Å². The number of rotatable bonds is 5. The summed E-state index contributed by atoms with van der Waals surface area (Å²) in [6.45, 7) is 3.80. The Bertz CT molecular complexity index is 390. The van der Waals surface area contributed by atoms with Gasteiger partial charge in [0.25, 0.3) is 10.0 Å². The second-order valence-electron chi connectivity index (χ2n) is 3.46. The van der Waals surface area contributed by atoms with Crippen molar-refractivity contribution in [2.45, 2.75) is 24.9 Å². The molecule has 0 aromatic carbocycles. The third kappa shape index (κ3) is 3.29. The first-order valence-corrected chi connectivity index (χ1v) is 7.14. The molecule has 0 amide bonds. The molecule has 0 bridgehead atoms. The minimum absolute atomic E-state index is 0.0936. The van der Waals surface area contributed by atoms with Gasteiger partial charge in [-0.15, -0.1) is 0 Å². The number of aromatic amines is 1. The van der Waals surface area contributed by atoms with Crippen LogP contribution in [0.15, 0.2) is 17.6 Å². The van der Waals surface area contributed by atoms with Gasteiger partial charge in [-0.3, -0.25) is 0 Å². The van der Waals surface area contributed by atoms with Crippen LogP contribution < -0.4 is 4.72 Å². The summed E-state index contributed by atoms with van der Waals surface area (Å²) in [6.07, 6.45) is 2.63. The first-order valence-electron chi connectivity index (χ1n) is 4.54. The Morgan fingerprint density at radius 2 is 2.27 bits per heavy atom. The van der Waals surface area contributed by atoms with Crippen molar-refractivity contribution in [3.63, 3.8) is 0 Å². The van der Waals surface area contributed by atoms with Crippen LogP contribution in [-0.4, -0.2) is 29.8 Å². The minimum Gasteiger partial charge on any atom is -0.335 e. The van der Waals surface area contributed by atoms with E-state index in [4.69, 9.17) is 0 Å². The van der Waals surface area contributed by atoms with Gasteiger partial charge in [-0.05, 0) is 12.8 Å². The van der Waals surface area contributed by atoms with E-state index in [1.165, 1.54) is 12.5 Å². The standard InChI is InChI=1S/C8H14BrN3O2S/c1-6(3-9)7(2)12-15(13,14)8-4-10-5-11-8/h4-7,12H,3H2,1-2H3,(H,10,11). The first kappa shape index (κ1) is 12.7. The van der Waals surface area contributed by atoms with Crippen molar-refractivity contribution in [1.82, 2.24) is 14.7 Å². The van der Waals surface area contributed by atoms with Crippen LogP contribution in [0.4, 0.5) is 0 Å². The molecular formula is C8H14BrN3O2S. The zero-order chi connectivity index (χ0) is 11.5. The van der Waals surface area contributed by atoms with Gasteiger partial charge in [0, 0.05) is 11.4 Å². The Morgan fingerprint density at radius 3 is 2.73 bits per heavy atom. The van der Waals surface area contributed by atoms with E-state index in [1.807, 2.05) is 13.8 Å². The van der Waals surface area contributed by atoms with E-state index < -0.39 is 10.0 Å². The summed E-state index contributed by atoms with van der Waals surface area (Å²) in [5, 5.41) is 0.843. The van der Waals surface area contributed by atoms with Crippen molar-refractivity contribution in [3.8, 4) is 0 Å². The third-order valence-corrected chi connectivity index (χ3v) is 4.71. The molecule has 0 spiro atoms. The smallest absolute Gasteiger partial charge is 0.257 e. The fourth-order valence-electron chi connectivity index (χ4n) is 0.948. The average Bonchev–Trinajstić information content (AvgIpc) is 2.69. The highest BCUT2D eigenvalue weighted by Gasteiger charge is 2.21. The maximum Gasteiger partial charge on any atom is 0.257 e. The van der Waals surface area contributed by atoms with Crippen molar-refractivity contribution >= 4 is 26.0 Å². The lowest BCUT2D eigenvalue weighted by molar-refractivity contribution is 0.483. The zero-order valence-electron chi connectivity index (χ0n) is 8.57. The lowest BCUT2D eigenvalue weighted by atomic mass is 10.1. The van der Waals surface area contributed by atoms with Gasteiger partial charge in [-0.2, -0.15) is 0 Å². The van der Waals surface area contributed by atoms with Gasteiger partial charge in [0.15, 0.2) is 5.03 Å². The van der Waals surface area contributed by atoms with Crippen molar-refractivity contribution in [3.05, 3.63) is 12.5 Å². The molecule has 1 aromatic heterocycles. The van der Waals surface area contributed by atoms with E-state index in [9.17, 15) is 8.42 Å². The molecule has 0 radical (unpaired) electrons. The van der Waals surface area contributed by atoms with Crippen molar-refractivity contribution < 1.29 is 8.42 Å². The zero-order valence-corrected chi connectivity index (χ0v) is 11.0. The number of hydrogen-bond donors (Lipinski definition) is 2. The Hall–Kier alpha value is -0.400. The molecule has 15 heavy (non-hydrogen) atoms. The molecule has 0 aliphatic heterocycles. The van der Waals surface area contributed by atoms with Gasteiger partial charge < -0.3 is 4.98 Å². The number of imidazole rings is 1. The maximum atomic E-state index is 11.7. The lowest BCUT2D eigenvalue weighted by Crippen LogP contribution is -2.37. The molecule has 1 heterocycles. The second kappa shape index (κ2) is 5.09. The van der Waals surface area contributed by atoms with Crippen LogP contribution in [0.25, 0.3) is 0 Å². The minimum atomic E-state index is -3.46. The summed E-state index contributed by atoms with van der Waals surface area (Å²) in [4.78, 5) is 6.24. The number of alkyl halides is 1. The second-order valence-corrected chi connectivity index (χ2v) is 5.79. The normalized spacial score (nSPS) is 16.2. The molecule has 1 rings (SSSR count). The number of nitrogens with one attached hydrogen (secondary N) is 2. The fraction of sp³-hybridized carbons (Fsp3) is 0.625. The van der Waals surface area contributed by atoms with E-state index in [1.54, 1.807) is 0 Å². The van der Waals surface area contributed by atoms with Gasteiger partial charge >= 0.3 is 0 Å². The molecule has 5 nitrogen and oxygen atoms in total. The molecule has 86 valence electrons. The monoisotopic (exact) mass is 295 g/mol. The van der Waals surface area contributed by atoms with Gasteiger partial charge in [0.05, 0.1) is 12.5 Å². The predicted octanol–water partition coefficient (Wildman–Crippen LogP) is 1.11. The van der Waals surface area contributed by atoms with Crippen LogP contribution in [-0.2, 0) is 10.0 Å². The number of sulfonamides is 1. The maximum absolute atomic E-state index is 11.7. The molecule has 0 saturated carbocycles. The molecule has 0 aliphatic carbocycles. The van der Waals surface area contributed by atoms with Crippen LogP contribution >= 0.6 is 15.9 Å². The number of aromatic nitrogens is 2. The van der Waals surface area contributed by atoms with Crippen molar-refractivity contribution in [2.75, 3.05) is 5.33 Å². The first-order chi connectivity index (χ1) is 6.97. The van der Waals surface area contributed by atoms with Crippen LogP contribution in [0, 0.1) is 5.92 Å². The molecule has 0 aliphatic rings. The molecule has 2 atom stereocenters. The molecule has 2 N–H and O–H groups in total. The quantitative estimate of drug-likeness (QED) is 0.799. The summed E-state index contributed by atoms with van der Waals surface area (Å²) in [6, 6.07) is -0.127. The van der Waals surface area contributed by atoms with Crippen LogP contribution in [0.2, 0.25) is 0 Å². The van der Waals surface area contributed by atoms with Gasteiger partial charge in [0.1, 0.15) is 0 Å². The number of halogens is 1. The topological polar surface area (TPSA) is 74.8 Å². The summed E-state index contributed by atoms with van der Waals surface area (Å²) in [5.74, 6) is 0.225.